The molecule has 20 heavy (non-hydrogen) atoms. The van der Waals surface area contributed by atoms with Gasteiger partial charge in [0.2, 0.25) is 0 Å². The van der Waals surface area contributed by atoms with Crippen LogP contribution < -0.4 is 0 Å². The lowest BCUT2D eigenvalue weighted by Gasteiger charge is -2.23. The molecule has 0 atom stereocenters. The van der Waals surface area contributed by atoms with E-state index in [4.69, 9.17) is 5.11 Å². The van der Waals surface area contributed by atoms with Crippen molar-refractivity contribution in [2.45, 2.75) is 0 Å². The molecular formula is C13H16BrFN2O3. The Bertz CT molecular complexity index is 508. The topological polar surface area (TPSA) is 60.9 Å². The molecule has 5 nitrogen and oxygen atoms in total. The summed E-state index contributed by atoms with van der Waals surface area (Å²) in [6, 6.07) is 4.35. The zero-order chi connectivity index (χ0) is 15.3. The molecule has 0 aliphatic rings. The molecule has 1 rings (SSSR count). The quantitative estimate of drug-likeness (QED) is 0.851. The Balaban J connectivity index is 2.97. The van der Waals surface area contributed by atoms with Crippen molar-refractivity contribution in [1.82, 2.24) is 9.80 Å². The lowest BCUT2D eigenvalue weighted by Crippen LogP contribution is -2.40. The fraction of sp³-hybridized carbons (Fsp3) is 0.385. The van der Waals surface area contributed by atoms with E-state index >= 15 is 0 Å². The monoisotopic (exact) mass is 346 g/mol. The van der Waals surface area contributed by atoms with Crippen molar-refractivity contribution in [2.24, 2.45) is 0 Å². The van der Waals surface area contributed by atoms with E-state index in [1.807, 2.05) is 19.0 Å². The maximum Gasteiger partial charge on any atom is 0.323 e. The summed E-state index contributed by atoms with van der Waals surface area (Å²) >= 11 is 3.01. The van der Waals surface area contributed by atoms with Gasteiger partial charge in [0.05, 0.1) is 10.0 Å². The molecule has 0 aliphatic carbocycles. The van der Waals surface area contributed by atoms with Crippen LogP contribution in [0.2, 0.25) is 0 Å². The second-order valence-corrected chi connectivity index (χ2v) is 5.38. The third-order valence-electron chi connectivity index (χ3n) is 2.61. The van der Waals surface area contributed by atoms with Gasteiger partial charge in [-0.15, -0.1) is 0 Å². The fourth-order valence-electron chi connectivity index (χ4n) is 1.58. The Morgan fingerprint density at radius 3 is 2.50 bits per heavy atom. The first-order valence-electron chi connectivity index (χ1n) is 5.92. The highest BCUT2D eigenvalue weighted by molar-refractivity contribution is 9.10. The molecule has 1 N–H and O–H groups in total. The summed E-state index contributed by atoms with van der Waals surface area (Å²) in [5, 5.41) is 8.86. The molecule has 0 unspecified atom stereocenters. The number of halogens is 2. The van der Waals surface area contributed by atoms with E-state index in [9.17, 15) is 14.0 Å². The zero-order valence-corrected chi connectivity index (χ0v) is 12.9. The van der Waals surface area contributed by atoms with E-state index in [0.29, 0.717) is 6.54 Å². The van der Waals surface area contributed by atoms with Crippen LogP contribution in [0.1, 0.15) is 10.4 Å². The van der Waals surface area contributed by atoms with E-state index in [-0.39, 0.29) is 16.6 Å². The number of carbonyl (C=O) groups is 2. The lowest BCUT2D eigenvalue weighted by atomic mass is 10.2. The summed E-state index contributed by atoms with van der Waals surface area (Å²) in [6.45, 7) is 0.247. The van der Waals surface area contributed by atoms with Gasteiger partial charge in [-0.25, -0.2) is 4.39 Å². The minimum absolute atomic E-state index is 0.139. The third kappa shape index (κ3) is 4.57. The van der Waals surface area contributed by atoms with Gasteiger partial charge in [-0.05, 0) is 42.2 Å². The van der Waals surface area contributed by atoms with Crippen LogP contribution in [-0.2, 0) is 4.79 Å². The van der Waals surface area contributed by atoms with Crippen LogP contribution in [0.5, 0.6) is 0 Å². The summed E-state index contributed by atoms with van der Waals surface area (Å²) in [7, 11) is 3.62. The molecular weight excluding hydrogens is 331 g/mol. The molecule has 110 valence electrons. The summed E-state index contributed by atoms with van der Waals surface area (Å²) in [5.41, 5.74) is -0.139. The normalized spacial score (nSPS) is 10.7. The van der Waals surface area contributed by atoms with Gasteiger partial charge in [-0.3, -0.25) is 9.59 Å². The number of nitrogens with zero attached hydrogens (tertiary/aromatic N) is 2. The number of aliphatic carboxylic acids is 1. The van der Waals surface area contributed by atoms with Crippen LogP contribution in [0.15, 0.2) is 22.7 Å². The maximum atomic E-state index is 13.9. The van der Waals surface area contributed by atoms with Crippen LogP contribution in [-0.4, -0.2) is 60.5 Å². The van der Waals surface area contributed by atoms with E-state index in [0.717, 1.165) is 4.90 Å². The van der Waals surface area contributed by atoms with Gasteiger partial charge < -0.3 is 14.9 Å². The largest absolute Gasteiger partial charge is 0.480 e. The molecule has 0 aromatic heterocycles. The average molecular weight is 347 g/mol. The highest BCUT2D eigenvalue weighted by Crippen LogP contribution is 2.19. The number of benzene rings is 1. The highest BCUT2D eigenvalue weighted by Gasteiger charge is 2.22. The van der Waals surface area contributed by atoms with Crippen molar-refractivity contribution in [3.63, 3.8) is 0 Å². The van der Waals surface area contributed by atoms with E-state index < -0.39 is 24.2 Å². The van der Waals surface area contributed by atoms with Crippen molar-refractivity contribution in [1.29, 1.82) is 0 Å². The Hall–Kier alpha value is -1.47. The second kappa shape index (κ2) is 7.35. The number of carboxylic acid groups (broad SMARTS) is 1. The molecule has 1 aromatic carbocycles. The van der Waals surface area contributed by atoms with Crippen LogP contribution >= 0.6 is 15.9 Å². The molecule has 0 radical (unpaired) electrons. The van der Waals surface area contributed by atoms with Gasteiger partial charge in [0, 0.05) is 13.1 Å². The van der Waals surface area contributed by atoms with Crippen molar-refractivity contribution < 1.29 is 19.1 Å². The van der Waals surface area contributed by atoms with Gasteiger partial charge in [0.15, 0.2) is 0 Å². The standard InChI is InChI=1S/C13H16BrFN2O3/c1-16(2)6-7-17(8-11(18)19)13(20)9-4-3-5-10(14)12(9)15/h3-5H,6-8H2,1-2H3,(H,18,19). The minimum Gasteiger partial charge on any atom is -0.480 e. The number of rotatable bonds is 6. The molecule has 0 saturated carbocycles. The molecule has 1 aromatic rings. The number of hydrogen-bond donors (Lipinski definition) is 1. The number of carbonyl (C=O) groups excluding carboxylic acids is 1. The zero-order valence-electron chi connectivity index (χ0n) is 11.3. The molecule has 0 aliphatic heterocycles. The minimum atomic E-state index is -1.13. The smallest absolute Gasteiger partial charge is 0.323 e. The second-order valence-electron chi connectivity index (χ2n) is 4.53. The Morgan fingerprint density at radius 2 is 1.95 bits per heavy atom. The first kappa shape index (κ1) is 16.6. The molecule has 0 bridgehead atoms. The van der Waals surface area contributed by atoms with Gasteiger partial charge in [0.25, 0.3) is 5.91 Å². The van der Waals surface area contributed by atoms with Gasteiger partial charge in [-0.2, -0.15) is 0 Å². The number of carboxylic acids is 1. The maximum absolute atomic E-state index is 13.9. The predicted molar refractivity (Wildman–Crippen MR) is 76.2 cm³/mol. The highest BCUT2D eigenvalue weighted by atomic mass is 79.9. The van der Waals surface area contributed by atoms with Crippen molar-refractivity contribution in [2.75, 3.05) is 33.7 Å². The first-order chi connectivity index (χ1) is 9.32. The summed E-state index contributed by atoms with van der Waals surface area (Å²) in [4.78, 5) is 26.0. The number of amides is 1. The number of likely N-dealkylation sites (N-methyl/N-ethyl adjacent to an activating group) is 1. The Kier molecular flexibility index (Phi) is 6.09. The Labute approximate surface area is 125 Å². The predicted octanol–water partition coefficient (Wildman–Crippen LogP) is 1.68. The van der Waals surface area contributed by atoms with Gasteiger partial charge in [-0.1, -0.05) is 6.07 Å². The van der Waals surface area contributed by atoms with E-state index in [2.05, 4.69) is 15.9 Å². The molecule has 1 amide bonds. The average Bonchev–Trinajstić information content (AvgIpc) is 2.36. The van der Waals surface area contributed by atoms with Crippen molar-refractivity contribution in [3.8, 4) is 0 Å². The van der Waals surface area contributed by atoms with Gasteiger partial charge in [0.1, 0.15) is 12.4 Å². The molecule has 0 spiro atoms. The summed E-state index contributed by atoms with van der Waals surface area (Å²) < 4.78 is 14.1. The van der Waals surface area contributed by atoms with Crippen molar-refractivity contribution in [3.05, 3.63) is 34.1 Å². The summed E-state index contributed by atoms with van der Waals surface area (Å²) in [6.07, 6.45) is 0. The van der Waals surface area contributed by atoms with Crippen LogP contribution in [0.25, 0.3) is 0 Å². The van der Waals surface area contributed by atoms with E-state index in [1.165, 1.54) is 18.2 Å². The third-order valence-corrected chi connectivity index (χ3v) is 3.22. The molecule has 0 heterocycles. The SMILES string of the molecule is CN(C)CCN(CC(=O)O)C(=O)c1cccc(Br)c1F. The van der Waals surface area contributed by atoms with Crippen LogP contribution in [0.4, 0.5) is 4.39 Å². The molecule has 7 heteroatoms. The fourth-order valence-corrected chi connectivity index (χ4v) is 1.94. The van der Waals surface area contributed by atoms with Crippen LogP contribution in [0, 0.1) is 5.82 Å². The van der Waals surface area contributed by atoms with Crippen molar-refractivity contribution >= 4 is 27.8 Å². The van der Waals surface area contributed by atoms with Gasteiger partial charge >= 0.3 is 5.97 Å². The summed E-state index contributed by atoms with van der Waals surface area (Å²) in [5.74, 6) is -2.45. The molecule has 0 saturated heterocycles. The molecule has 0 fully saturated rings. The van der Waals surface area contributed by atoms with E-state index in [1.54, 1.807) is 0 Å². The number of hydrogen-bond acceptors (Lipinski definition) is 3. The lowest BCUT2D eigenvalue weighted by molar-refractivity contribution is -0.137. The van der Waals surface area contributed by atoms with Crippen LogP contribution in [0.3, 0.4) is 0 Å². The Morgan fingerprint density at radius 1 is 1.30 bits per heavy atom. The first-order valence-corrected chi connectivity index (χ1v) is 6.72.